The third-order valence-corrected chi connectivity index (χ3v) is 3.44. The lowest BCUT2D eigenvalue weighted by molar-refractivity contribution is -0.142. The zero-order valence-corrected chi connectivity index (χ0v) is 13.4. The van der Waals surface area contributed by atoms with Gasteiger partial charge in [-0.2, -0.15) is 0 Å². The number of hydrogen-bond acceptors (Lipinski definition) is 4. The van der Waals surface area contributed by atoms with Gasteiger partial charge in [-0.05, 0) is 37.6 Å². The van der Waals surface area contributed by atoms with Gasteiger partial charge in [0.2, 0.25) is 5.91 Å². The Morgan fingerprint density at radius 1 is 1.33 bits per heavy atom. The van der Waals surface area contributed by atoms with Gasteiger partial charge in [-0.3, -0.25) is 14.5 Å². The zero-order chi connectivity index (χ0) is 15.8. The molecule has 1 aromatic carbocycles. The maximum Gasteiger partial charge on any atom is 0.319 e. The molecule has 0 heterocycles. The number of hydrogen-bond donors (Lipinski definition) is 1. The highest BCUT2D eigenvalue weighted by Gasteiger charge is 2.15. The Bertz CT molecular complexity index is 506. The fourth-order valence-electron chi connectivity index (χ4n) is 1.91. The van der Waals surface area contributed by atoms with Crippen molar-refractivity contribution in [2.75, 3.05) is 32.1 Å². The predicted molar refractivity (Wildman–Crippen MR) is 83.6 cm³/mol. The maximum atomic E-state index is 12.1. The molecule has 0 saturated heterocycles. The van der Waals surface area contributed by atoms with Crippen LogP contribution in [0.3, 0.4) is 0 Å². The fraction of sp³-hybridized carbons (Fsp3) is 0.467. The van der Waals surface area contributed by atoms with E-state index >= 15 is 0 Å². The number of carbonyl (C=O) groups excluding carboxylic acids is 2. The molecule has 5 nitrogen and oxygen atoms in total. The minimum Gasteiger partial charge on any atom is -0.468 e. The highest BCUT2D eigenvalue weighted by atomic mass is 35.5. The van der Waals surface area contributed by atoms with Gasteiger partial charge in [0.25, 0.3) is 0 Å². The molecule has 0 aliphatic carbocycles. The number of nitrogens with one attached hydrogen (secondary N) is 1. The number of nitrogens with zero attached hydrogens (tertiary/aromatic N) is 1. The van der Waals surface area contributed by atoms with E-state index in [1.807, 2.05) is 13.8 Å². The van der Waals surface area contributed by atoms with E-state index in [4.69, 9.17) is 11.6 Å². The second kappa shape index (κ2) is 8.64. The van der Waals surface area contributed by atoms with E-state index in [2.05, 4.69) is 10.1 Å². The van der Waals surface area contributed by atoms with Crippen LogP contribution >= 0.6 is 11.6 Å². The van der Waals surface area contributed by atoms with Crippen LogP contribution in [0.15, 0.2) is 18.2 Å². The van der Waals surface area contributed by atoms with Gasteiger partial charge in [-0.1, -0.05) is 24.6 Å². The number of anilines is 1. The zero-order valence-electron chi connectivity index (χ0n) is 12.6. The molecule has 1 rings (SSSR count). The lowest BCUT2D eigenvalue weighted by Crippen LogP contribution is -2.37. The van der Waals surface area contributed by atoms with Gasteiger partial charge in [-0.15, -0.1) is 0 Å². The Kier molecular flexibility index (Phi) is 7.19. The first-order valence-electron chi connectivity index (χ1n) is 6.82. The van der Waals surface area contributed by atoms with E-state index < -0.39 is 0 Å². The molecule has 6 heteroatoms. The van der Waals surface area contributed by atoms with Gasteiger partial charge >= 0.3 is 5.97 Å². The quantitative estimate of drug-likeness (QED) is 0.786. The van der Waals surface area contributed by atoms with E-state index in [1.165, 1.54) is 7.11 Å². The topological polar surface area (TPSA) is 58.6 Å². The van der Waals surface area contributed by atoms with Gasteiger partial charge in [0.05, 0.1) is 20.2 Å². The van der Waals surface area contributed by atoms with Gasteiger partial charge in [0.15, 0.2) is 0 Å². The normalized spacial score (nSPS) is 10.5. The molecule has 0 spiro atoms. The number of amides is 1. The number of methoxy groups -OCH3 is 1. The smallest absolute Gasteiger partial charge is 0.319 e. The van der Waals surface area contributed by atoms with Crippen molar-refractivity contribution < 1.29 is 14.3 Å². The Hall–Kier alpha value is -1.59. The third-order valence-electron chi connectivity index (χ3n) is 3.03. The molecule has 0 fully saturated rings. The van der Waals surface area contributed by atoms with E-state index in [1.54, 1.807) is 23.1 Å². The van der Waals surface area contributed by atoms with Crippen molar-refractivity contribution in [1.29, 1.82) is 0 Å². The van der Waals surface area contributed by atoms with Gasteiger partial charge in [0, 0.05) is 10.7 Å². The van der Waals surface area contributed by atoms with Crippen LogP contribution in [0.2, 0.25) is 5.02 Å². The third kappa shape index (κ3) is 5.73. The van der Waals surface area contributed by atoms with Crippen LogP contribution in [0, 0.1) is 6.92 Å². The Balaban J connectivity index is 2.65. The SMILES string of the molecule is CCCN(CC(=O)Nc1cccc(Cl)c1C)CC(=O)OC. The number of rotatable bonds is 7. The molecule has 116 valence electrons. The summed E-state index contributed by atoms with van der Waals surface area (Å²) in [6.45, 7) is 4.72. The molecule has 1 N–H and O–H groups in total. The molecule has 1 amide bonds. The number of benzene rings is 1. The molecule has 0 aliphatic heterocycles. The highest BCUT2D eigenvalue weighted by Crippen LogP contribution is 2.22. The molecule has 0 aliphatic rings. The standard InChI is InChI=1S/C15H21ClN2O3/c1-4-8-18(10-15(20)21-3)9-14(19)17-13-7-5-6-12(16)11(13)2/h5-7H,4,8-10H2,1-3H3,(H,17,19). The van der Waals surface area contributed by atoms with Gasteiger partial charge in [-0.25, -0.2) is 0 Å². The van der Waals surface area contributed by atoms with Crippen molar-refractivity contribution in [3.8, 4) is 0 Å². The number of carbonyl (C=O) groups is 2. The average molecular weight is 313 g/mol. The van der Waals surface area contributed by atoms with Crippen molar-refractivity contribution in [2.24, 2.45) is 0 Å². The van der Waals surface area contributed by atoms with Crippen molar-refractivity contribution in [1.82, 2.24) is 4.90 Å². The summed E-state index contributed by atoms with van der Waals surface area (Å²) in [5.41, 5.74) is 1.50. The molecule has 0 saturated carbocycles. The predicted octanol–water partition coefficient (Wildman–Crippen LogP) is 2.47. The van der Waals surface area contributed by atoms with Crippen LogP contribution in [0.25, 0.3) is 0 Å². The summed E-state index contributed by atoms with van der Waals surface area (Å²) in [5.74, 6) is -0.534. The lowest BCUT2D eigenvalue weighted by atomic mass is 10.2. The molecule has 21 heavy (non-hydrogen) atoms. The summed E-state index contributed by atoms with van der Waals surface area (Å²) in [6.07, 6.45) is 0.848. The molecule has 1 aromatic rings. The molecule has 0 atom stereocenters. The van der Waals surface area contributed by atoms with E-state index in [-0.39, 0.29) is 25.0 Å². The van der Waals surface area contributed by atoms with Gasteiger partial charge in [0.1, 0.15) is 0 Å². The summed E-state index contributed by atoms with van der Waals surface area (Å²) in [7, 11) is 1.34. The molecular formula is C15H21ClN2O3. The van der Waals surface area contributed by atoms with Crippen molar-refractivity contribution >= 4 is 29.2 Å². The fourth-order valence-corrected chi connectivity index (χ4v) is 2.09. The Morgan fingerprint density at radius 3 is 2.67 bits per heavy atom. The molecule has 0 radical (unpaired) electrons. The average Bonchev–Trinajstić information content (AvgIpc) is 2.44. The monoisotopic (exact) mass is 312 g/mol. The molecule has 0 bridgehead atoms. The van der Waals surface area contributed by atoms with E-state index in [9.17, 15) is 9.59 Å². The number of halogens is 1. The Morgan fingerprint density at radius 2 is 2.05 bits per heavy atom. The molecule has 0 aromatic heterocycles. The first kappa shape index (κ1) is 17.5. The van der Waals surface area contributed by atoms with Crippen LogP contribution in [-0.4, -0.2) is 43.5 Å². The maximum absolute atomic E-state index is 12.1. The van der Waals surface area contributed by atoms with Crippen LogP contribution in [-0.2, 0) is 14.3 Å². The molecule has 0 unspecified atom stereocenters. The summed E-state index contributed by atoms with van der Waals surface area (Å²) >= 11 is 6.02. The number of ether oxygens (including phenoxy) is 1. The summed E-state index contributed by atoms with van der Waals surface area (Å²) in [6, 6.07) is 5.35. The minimum absolute atomic E-state index is 0.103. The minimum atomic E-state index is -0.352. The van der Waals surface area contributed by atoms with Crippen molar-refractivity contribution in [3.63, 3.8) is 0 Å². The first-order chi connectivity index (χ1) is 9.97. The lowest BCUT2D eigenvalue weighted by Gasteiger charge is -2.20. The highest BCUT2D eigenvalue weighted by molar-refractivity contribution is 6.31. The number of esters is 1. The second-order valence-electron chi connectivity index (χ2n) is 4.75. The summed E-state index contributed by atoms with van der Waals surface area (Å²) < 4.78 is 4.63. The Labute approximate surface area is 130 Å². The van der Waals surface area contributed by atoms with Crippen LogP contribution in [0.5, 0.6) is 0 Å². The largest absolute Gasteiger partial charge is 0.468 e. The summed E-state index contributed by atoms with van der Waals surface area (Å²) in [5, 5.41) is 3.42. The summed E-state index contributed by atoms with van der Waals surface area (Å²) in [4.78, 5) is 25.2. The van der Waals surface area contributed by atoms with E-state index in [0.717, 1.165) is 12.0 Å². The second-order valence-corrected chi connectivity index (χ2v) is 5.15. The first-order valence-corrected chi connectivity index (χ1v) is 7.19. The molecular weight excluding hydrogens is 292 g/mol. The van der Waals surface area contributed by atoms with Gasteiger partial charge < -0.3 is 10.1 Å². The van der Waals surface area contributed by atoms with Crippen LogP contribution in [0.4, 0.5) is 5.69 Å². The van der Waals surface area contributed by atoms with Crippen molar-refractivity contribution in [3.05, 3.63) is 28.8 Å². The van der Waals surface area contributed by atoms with Crippen LogP contribution < -0.4 is 5.32 Å². The van der Waals surface area contributed by atoms with Crippen LogP contribution in [0.1, 0.15) is 18.9 Å². The van der Waals surface area contributed by atoms with Crippen molar-refractivity contribution in [2.45, 2.75) is 20.3 Å². The van der Waals surface area contributed by atoms with E-state index in [0.29, 0.717) is 17.3 Å².